The number of hydrogen-bond acceptors (Lipinski definition) is 3. The van der Waals surface area contributed by atoms with Gasteiger partial charge in [0.15, 0.2) is 5.69 Å². The summed E-state index contributed by atoms with van der Waals surface area (Å²) in [6.07, 6.45) is 3.37. The number of nitrogens with zero attached hydrogens (tertiary/aromatic N) is 1. The van der Waals surface area contributed by atoms with Crippen molar-refractivity contribution in [1.82, 2.24) is 4.98 Å². The lowest BCUT2D eigenvalue weighted by Crippen LogP contribution is -2.08. The lowest BCUT2D eigenvalue weighted by Gasteiger charge is -2.08. The average Bonchev–Trinajstić information content (AvgIpc) is 2.47. The van der Waals surface area contributed by atoms with Crippen LogP contribution in [-0.2, 0) is 4.74 Å². The Morgan fingerprint density at radius 1 is 1.32 bits per heavy atom. The number of carbonyl (C=O) groups excluding carboxylic acids is 1. The first kappa shape index (κ1) is 13.0. The Morgan fingerprint density at radius 3 is 2.68 bits per heavy atom. The Morgan fingerprint density at radius 2 is 2.05 bits per heavy atom. The third kappa shape index (κ3) is 2.88. The number of benzene rings is 1. The van der Waals surface area contributed by atoms with Gasteiger partial charge in [0.2, 0.25) is 0 Å². The van der Waals surface area contributed by atoms with E-state index in [1.807, 2.05) is 30.3 Å². The number of esters is 1. The minimum Gasteiger partial charge on any atom is -0.461 e. The van der Waals surface area contributed by atoms with Crippen LogP contribution in [0.25, 0.3) is 17.2 Å². The van der Waals surface area contributed by atoms with Crippen molar-refractivity contribution in [1.29, 1.82) is 0 Å². The third-order valence-electron chi connectivity index (χ3n) is 2.73. The third-order valence-corrected chi connectivity index (χ3v) is 2.73. The van der Waals surface area contributed by atoms with Crippen molar-refractivity contribution in [3.8, 4) is 11.1 Å². The molecule has 2 aromatic rings. The van der Waals surface area contributed by atoms with Crippen LogP contribution in [0, 0.1) is 0 Å². The Labute approximate surface area is 112 Å². The number of ether oxygens (including phenoxy) is 1. The molecule has 0 aliphatic rings. The van der Waals surface area contributed by atoms with E-state index >= 15 is 0 Å². The summed E-state index contributed by atoms with van der Waals surface area (Å²) in [7, 11) is 0. The van der Waals surface area contributed by atoms with Crippen LogP contribution in [0.3, 0.4) is 0 Å². The zero-order chi connectivity index (χ0) is 13.7. The molecule has 3 nitrogen and oxygen atoms in total. The van der Waals surface area contributed by atoms with Crippen molar-refractivity contribution in [3.05, 3.63) is 60.4 Å². The van der Waals surface area contributed by atoms with E-state index in [1.165, 1.54) is 0 Å². The molecule has 0 N–H and O–H groups in total. The van der Waals surface area contributed by atoms with E-state index < -0.39 is 5.97 Å². The fourth-order valence-corrected chi connectivity index (χ4v) is 1.80. The first-order valence-corrected chi connectivity index (χ1v) is 6.11. The number of rotatable bonds is 4. The molecule has 1 aromatic carbocycles. The highest BCUT2D eigenvalue weighted by Crippen LogP contribution is 2.23. The SMILES string of the molecule is C=Cc1ccc(-c2cccnc2C(=O)OCC)cc1. The van der Waals surface area contributed by atoms with Crippen LogP contribution < -0.4 is 0 Å². The monoisotopic (exact) mass is 253 g/mol. The molecule has 0 unspecified atom stereocenters. The van der Waals surface area contributed by atoms with Gasteiger partial charge in [-0.25, -0.2) is 9.78 Å². The Bertz CT molecular complexity index is 588. The molecule has 0 aliphatic carbocycles. The molecule has 0 atom stereocenters. The molecule has 0 aliphatic heterocycles. The molecule has 0 radical (unpaired) electrons. The van der Waals surface area contributed by atoms with Gasteiger partial charge in [-0.2, -0.15) is 0 Å². The van der Waals surface area contributed by atoms with Crippen LogP contribution >= 0.6 is 0 Å². The Hall–Kier alpha value is -2.42. The van der Waals surface area contributed by atoms with Crippen molar-refractivity contribution in [2.75, 3.05) is 6.61 Å². The van der Waals surface area contributed by atoms with E-state index in [0.717, 1.165) is 16.7 Å². The molecule has 0 fully saturated rings. The first-order valence-electron chi connectivity index (χ1n) is 6.11. The maximum Gasteiger partial charge on any atom is 0.357 e. The number of carbonyl (C=O) groups is 1. The van der Waals surface area contributed by atoms with Gasteiger partial charge in [0.25, 0.3) is 0 Å². The summed E-state index contributed by atoms with van der Waals surface area (Å²) < 4.78 is 5.02. The lowest BCUT2D eigenvalue weighted by atomic mass is 10.0. The van der Waals surface area contributed by atoms with Crippen molar-refractivity contribution in [3.63, 3.8) is 0 Å². The predicted octanol–water partition coefficient (Wildman–Crippen LogP) is 3.57. The molecule has 0 spiro atoms. The van der Waals surface area contributed by atoms with E-state index in [2.05, 4.69) is 11.6 Å². The molecule has 1 aromatic heterocycles. The summed E-state index contributed by atoms with van der Waals surface area (Å²) in [4.78, 5) is 16.0. The fraction of sp³-hybridized carbons (Fsp3) is 0.125. The van der Waals surface area contributed by atoms with E-state index in [9.17, 15) is 4.79 Å². The molecule has 96 valence electrons. The van der Waals surface area contributed by atoms with E-state index in [4.69, 9.17) is 4.74 Å². The quantitative estimate of drug-likeness (QED) is 0.782. The summed E-state index contributed by atoms with van der Waals surface area (Å²) in [5.74, 6) is -0.397. The largest absolute Gasteiger partial charge is 0.461 e. The van der Waals surface area contributed by atoms with Gasteiger partial charge >= 0.3 is 5.97 Å². The van der Waals surface area contributed by atoms with Gasteiger partial charge in [0.05, 0.1) is 6.61 Å². The minimum absolute atomic E-state index is 0.338. The highest BCUT2D eigenvalue weighted by molar-refractivity contribution is 5.95. The zero-order valence-corrected chi connectivity index (χ0v) is 10.8. The Balaban J connectivity index is 2.43. The molecule has 0 bridgehead atoms. The maximum absolute atomic E-state index is 11.9. The van der Waals surface area contributed by atoms with E-state index in [-0.39, 0.29) is 0 Å². The zero-order valence-electron chi connectivity index (χ0n) is 10.8. The second-order valence-electron chi connectivity index (χ2n) is 3.95. The molecular weight excluding hydrogens is 238 g/mol. The summed E-state index contributed by atoms with van der Waals surface area (Å²) in [6, 6.07) is 11.4. The number of aromatic nitrogens is 1. The predicted molar refractivity (Wildman–Crippen MR) is 75.7 cm³/mol. The highest BCUT2D eigenvalue weighted by Gasteiger charge is 2.14. The van der Waals surface area contributed by atoms with Crippen molar-refractivity contribution >= 4 is 12.0 Å². The van der Waals surface area contributed by atoms with Gasteiger partial charge in [0.1, 0.15) is 0 Å². The second kappa shape index (κ2) is 5.96. The maximum atomic E-state index is 11.9. The lowest BCUT2D eigenvalue weighted by molar-refractivity contribution is 0.0520. The van der Waals surface area contributed by atoms with Crippen molar-refractivity contribution in [2.24, 2.45) is 0 Å². The van der Waals surface area contributed by atoms with Crippen molar-refractivity contribution in [2.45, 2.75) is 6.92 Å². The molecule has 0 saturated carbocycles. The van der Waals surface area contributed by atoms with E-state index in [1.54, 1.807) is 25.3 Å². The van der Waals surface area contributed by atoms with Crippen LogP contribution in [0.4, 0.5) is 0 Å². The summed E-state index contributed by atoms with van der Waals surface area (Å²) in [5.41, 5.74) is 3.08. The van der Waals surface area contributed by atoms with Gasteiger partial charge < -0.3 is 4.74 Å². The molecular formula is C16H15NO2. The van der Waals surface area contributed by atoms with Gasteiger partial charge in [-0.3, -0.25) is 0 Å². The fourth-order valence-electron chi connectivity index (χ4n) is 1.80. The molecule has 1 heterocycles. The van der Waals surface area contributed by atoms with Gasteiger partial charge in [-0.05, 0) is 24.1 Å². The summed E-state index contributed by atoms with van der Waals surface area (Å²) in [6.45, 7) is 5.83. The van der Waals surface area contributed by atoms with Crippen LogP contribution in [-0.4, -0.2) is 17.6 Å². The van der Waals surface area contributed by atoms with Crippen LogP contribution in [0.5, 0.6) is 0 Å². The first-order chi connectivity index (χ1) is 9.26. The summed E-state index contributed by atoms with van der Waals surface area (Å²) in [5, 5.41) is 0. The topological polar surface area (TPSA) is 39.2 Å². The number of hydrogen-bond donors (Lipinski definition) is 0. The average molecular weight is 253 g/mol. The molecule has 0 saturated heterocycles. The van der Waals surface area contributed by atoms with Gasteiger partial charge in [-0.1, -0.05) is 43.0 Å². The minimum atomic E-state index is -0.397. The molecule has 2 rings (SSSR count). The number of pyridine rings is 1. The van der Waals surface area contributed by atoms with Gasteiger partial charge in [-0.15, -0.1) is 0 Å². The van der Waals surface area contributed by atoms with Crippen molar-refractivity contribution < 1.29 is 9.53 Å². The highest BCUT2D eigenvalue weighted by atomic mass is 16.5. The molecule has 3 heteroatoms. The molecule has 0 amide bonds. The second-order valence-corrected chi connectivity index (χ2v) is 3.95. The molecule has 19 heavy (non-hydrogen) atoms. The normalized spacial score (nSPS) is 9.95. The Kier molecular flexibility index (Phi) is 4.08. The summed E-state index contributed by atoms with van der Waals surface area (Å²) >= 11 is 0. The van der Waals surface area contributed by atoms with Crippen LogP contribution in [0.2, 0.25) is 0 Å². The van der Waals surface area contributed by atoms with Crippen LogP contribution in [0.1, 0.15) is 23.0 Å². The van der Waals surface area contributed by atoms with Gasteiger partial charge in [0, 0.05) is 11.8 Å². The standard InChI is InChI=1S/C16H15NO2/c1-3-12-7-9-13(10-8-12)14-6-5-11-17-15(14)16(18)19-4-2/h3,5-11H,1,4H2,2H3. The smallest absolute Gasteiger partial charge is 0.357 e. The van der Waals surface area contributed by atoms with Crippen LogP contribution in [0.15, 0.2) is 49.2 Å². The van der Waals surface area contributed by atoms with E-state index in [0.29, 0.717) is 12.3 Å².